The molecule has 1 aromatic rings. The predicted octanol–water partition coefficient (Wildman–Crippen LogP) is 4.34. The molecule has 0 amide bonds. The SMILES string of the molecule is CCOC(CC)(CC)C(NN)c1ccc(Br)c(Cl)c1F. The molecule has 0 saturated carbocycles. The fourth-order valence-electron chi connectivity index (χ4n) is 2.52. The molecule has 0 aromatic heterocycles. The lowest BCUT2D eigenvalue weighted by atomic mass is 9.84. The normalized spacial score (nSPS) is 13.6. The summed E-state index contributed by atoms with van der Waals surface area (Å²) in [7, 11) is 0. The highest BCUT2D eigenvalue weighted by Gasteiger charge is 2.38. The number of rotatable bonds is 7. The first-order valence-electron chi connectivity index (χ1n) is 6.70. The van der Waals surface area contributed by atoms with Crippen molar-refractivity contribution in [3.05, 3.63) is 33.0 Å². The van der Waals surface area contributed by atoms with Gasteiger partial charge in [0, 0.05) is 16.6 Å². The van der Waals surface area contributed by atoms with Crippen LogP contribution in [0.1, 0.15) is 45.2 Å². The fraction of sp³-hybridized carbons (Fsp3) is 0.571. The van der Waals surface area contributed by atoms with Gasteiger partial charge in [0.05, 0.1) is 16.7 Å². The van der Waals surface area contributed by atoms with Gasteiger partial charge in [-0.2, -0.15) is 0 Å². The van der Waals surface area contributed by atoms with E-state index in [1.807, 2.05) is 20.8 Å². The smallest absolute Gasteiger partial charge is 0.147 e. The lowest BCUT2D eigenvalue weighted by molar-refractivity contribution is -0.0741. The average Bonchev–Trinajstić information content (AvgIpc) is 2.46. The van der Waals surface area contributed by atoms with E-state index in [1.165, 1.54) is 0 Å². The highest BCUT2D eigenvalue weighted by molar-refractivity contribution is 9.10. The molecule has 3 N–H and O–H groups in total. The maximum absolute atomic E-state index is 14.4. The summed E-state index contributed by atoms with van der Waals surface area (Å²) in [5, 5.41) is 0.0559. The Morgan fingerprint density at radius 1 is 1.40 bits per heavy atom. The summed E-state index contributed by atoms with van der Waals surface area (Å²) in [5.74, 6) is 5.20. The van der Waals surface area contributed by atoms with Crippen LogP contribution < -0.4 is 11.3 Å². The molecular formula is C14H21BrClFN2O. The van der Waals surface area contributed by atoms with Gasteiger partial charge in [0.2, 0.25) is 0 Å². The van der Waals surface area contributed by atoms with E-state index in [4.69, 9.17) is 22.2 Å². The van der Waals surface area contributed by atoms with Gasteiger partial charge < -0.3 is 4.74 Å². The van der Waals surface area contributed by atoms with Gasteiger partial charge >= 0.3 is 0 Å². The Bertz CT molecular complexity index is 455. The Kier molecular flexibility index (Phi) is 6.88. The summed E-state index contributed by atoms with van der Waals surface area (Å²) in [4.78, 5) is 0. The first-order valence-corrected chi connectivity index (χ1v) is 7.87. The molecule has 3 nitrogen and oxygen atoms in total. The van der Waals surface area contributed by atoms with E-state index in [-0.39, 0.29) is 5.02 Å². The molecule has 20 heavy (non-hydrogen) atoms. The monoisotopic (exact) mass is 366 g/mol. The summed E-state index contributed by atoms with van der Waals surface area (Å²) >= 11 is 9.18. The predicted molar refractivity (Wildman–Crippen MR) is 84.1 cm³/mol. The maximum atomic E-state index is 14.4. The number of hydrogen-bond donors (Lipinski definition) is 2. The van der Waals surface area contributed by atoms with Crippen LogP contribution in [0.5, 0.6) is 0 Å². The summed E-state index contributed by atoms with van der Waals surface area (Å²) in [5.41, 5.74) is 2.54. The van der Waals surface area contributed by atoms with Gasteiger partial charge in [-0.25, -0.2) is 9.82 Å². The van der Waals surface area contributed by atoms with Crippen LogP contribution >= 0.6 is 27.5 Å². The summed E-state index contributed by atoms with van der Waals surface area (Å²) in [6.45, 7) is 6.45. The van der Waals surface area contributed by atoms with Crippen molar-refractivity contribution in [2.75, 3.05) is 6.61 Å². The highest BCUT2D eigenvalue weighted by atomic mass is 79.9. The Labute approximate surface area is 133 Å². The Balaban J connectivity index is 3.34. The maximum Gasteiger partial charge on any atom is 0.147 e. The minimum absolute atomic E-state index is 0.0559. The number of halogens is 3. The van der Waals surface area contributed by atoms with Crippen LogP contribution in [0.3, 0.4) is 0 Å². The van der Waals surface area contributed by atoms with E-state index in [1.54, 1.807) is 12.1 Å². The molecule has 0 aliphatic carbocycles. The van der Waals surface area contributed by atoms with Gasteiger partial charge in [0.15, 0.2) is 0 Å². The lowest BCUT2D eigenvalue weighted by Gasteiger charge is -2.39. The standard InChI is InChI=1S/C14H21BrClFN2O/c1-4-14(5-2,20-6-3)13(19-18)9-7-8-10(15)11(16)12(9)17/h7-8,13,19H,4-6,18H2,1-3H3. The second-order valence-corrected chi connectivity index (χ2v) is 5.80. The number of hydrazine groups is 1. The molecule has 6 heteroatoms. The second-order valence-electron chi connectivity index (χ2n) is 4.57. The second kappa shape index (κ2) is 7.71. The number of benzene rings is 1. The first kappa shape index (κ1) is 17.9. The Morgan fingerprint density at radius 2 is 2.00 bits per heavy atom. The third-order valence-corrected chi connectivity index (χ3v) is 4.96. The molecule has 0 aliphatic heterocycles. The molecule has 0 fully saturated rings. The van der Waals surface area contributed by atoms with E-state index >= 15 is 0 Å². The molecule has 1 unspecified atom stereocenters. The molecule has 114 valence electrons. The molecule has 0 aliphatic rings. The van der Waals surface area contributed by atoms with Crippen molar-refractivity contribution in [3.63, 3.8) is 0 Å². The molecule has 0 radical (unpaired) electrons. The minimum Gasteiger partial charge on any atom is -0.373 e. The zero-order valence-corrected chi connectivity index (χ0v) is 14.3. The molecule has 1 aromatic carbocycles. The third-order valence-electron chi connectivity index (χ3n) is 3.70. The molecule has 0 spiro atoms. The van der Waals surface area contributed by atoms with Crippen molar-refractivity contribution >= 4 is 27.5 Å². The molecule has 1 rings (SSSR count). The highest BCUT2D eigenvalue weighted by Crippen LogP contribution is 2.39. The van der Waals surface area contributed by atoms with Gasteiger partial charge in [-0.05, 0) is 41.8 Å². The van der Waals surface area contributed by atoms with Gasteiger partial charge in [0.25, 0.3) is 0 Å². The number of nitrogens with one attached hydrogen (secondary N) is 1. The third kappa shape index (κ3) is 3.34. The molecule has 0 heterocycles. The van der Waals surface area contributed by atoms with Crippen LogP contribution in [0.2, 0.25) is 5.02 Å². The van der Waals surface area contributed by atoms with Crippen molar-refractivity contribution < 1.29 is 9.13 Å². The minimum atomic E-state index is -0.568. The van der Waals surface area contributed by atoms with E-state index < -0.39 is 17.5 Å². The zero-order chi connectivity index (χ0) is 15.3. The Morgan fingerprint density at radius 3 is 2.45 bits per heavy atom. The quantitative estimate of drug-likeness (QED) is 0.428. The number of hydrogen-bond acceptors (Lipinski definition) is 3. The van der Waals surface area contributed by atoms with Crippen molar-refractivity contribution in [2.24, 2.45) is 5.84 Å². The summed E-state index contributed by atoms with van der Waals surface area (Å²) in [6.07, 6.45) is 1.42. The topological polar surface area (TPSA) is 47.3 Å². The van der Waals surface area contributed by atoms with E-state index in [9.17, 15) is 4.39 Å². The largest absolute Gasteiger partial charge is 0.373 e. The average molecular weight is 368 g/mol. The summed E-state index contributed by atoms with van der Waals surface area (Å²) in [6, 6.07) is 2.92. The van der Waals surface area contributed by atoms with E-state index in [2.05, 4.69) is 21.4 Å². The van der Waals surface area contributed by atoms with Crippen LogP contribution in [-0.2, 0) is 4.74 Å². The van der Waals surface area contributed by atoms with E-state index in [0.717, 1.165) is 0 Å². The Hall–Kier alpha value is -0.200. The zero-order valence-electron chi connectivity index (χ0n) is 12.0. The van der Waals surface area contributed by atoms with E-state index in [0.29, 0.717) is 29.5 Å². The summed E-state index contributed by atoms with van der Waals surface area (Å²) < 4.78 is 20.8. The van der Waals surface area contributed by atoms with Gasteiger partial charge in [-0.3, -0.25) is 5.84 Å². The van der Waals surface area contributed by atoms with Crippen LogP contribution in [0.25, 0.3) is 0 Å². The van der Waals surface area contributed by atoms with Gasteiger partial charge in [0.1, 0.15) is 5.82 Å². The fourth-order valence-corrected chi connectivity index (χ4v) is 3.00. The number of nitrogens with two attached hydrogens (primary N) is 1. The van der Waals surface area contributed by atoms with Gasteiger partial charge in [-0.1, -0.05) is 31.5 Å². The van der Waals surface area contributed by atoms with Crippen LogP contribution in [0, 0.1) is 5.82 Å². The molecule has 1 atom stereocenters. The lowest BCUT2D eigenvalue weighted by Crippen LogP contribution is -2.48. The van der Waals surface area contributed by atoms with Crippen LogP contribution in [0.15, 0.2) is 16.6 Å². The molecular weight excluding hydrogens is 347 g/mol. The number of ether oxygens (including phenoxy) is 1. The first-order chi connectivity index (χ1) is 9.47. The van der Waals surface area contributed by atoms with Gasteiger partial charge in [-0.15, -0.1) is 0 Å². The van der Waals surface area contributed by atoms with Crippen molar-refractivity contribution in [1.82, 2.24) is 5.43 Å². The van der Waals surface area contributed by atoms with Crippen molar-refractivity contribution in [3.8, 4) is 0 Å². The van der Waals surface area contributed by atoms with Crippen molar-refractivity contribution in [1.29, 1.82) is 0 Å². The van der Waals surface area contributed by atoms with Crippen molar-refractivity contribution in [2.45, 2.75) is 45.3 Å². The molecule has 0 bridgehead atoms. The van der Waals surface area contributed by atoms with Crippen LogP contribution in [0.4, 0.5) is 4.39 Å². The van der Waals surface area contributed by atoms with Crippen LogP contribution in [-0.4, -0.2) is 12.2 Å². The molecule has 0 saturated heterocycles.